The Morgan fingerprint density at radius 3 is 2.59 bits per heavy atom. The fourth-order valence-electron chi connectivity index (χ4n) is 1.44. The summed E-state index contributed by atoms with van der Waals surface area (Å²) in [6.07, 6.45) is -4.43. The third kappa shape index (κ3) is 2.47. The van der Waals surface area contributed by atoms with Crippen molar-refractivity contribution in [3.63, 3.8) is 0 Å². The number of nitrogens with zero attached hydrogens (tertiary/aromatic N) is 1. The molecule has 0 radical (unpaired) electrons. The Bertz CT molecular complexity index is 519. The van der Waals surface area contributed by atoms with Crippen molar-refractivity contribution in [2.45, 2.75) is 12.8 Å². The number of hydrogen-bond donors (Lipinski definition) is 2. The zero-order valence-electron chi connectivity index (χ0n) is 8.62. The van der Waals surface area contributed by atoms with Crippen LogP contribution in [0.1, 0.15) is 11.3 Å². The van der Waals surface area contributed by atoms with E-state index in [4.69, 9.17) is 5.11 Å². The molecule has 0 saturated carbocycles. The fourth-order valence-corrected chi connectivity index (χ4v) is 1.44. The van der Waals surface area contributed by atoms with Gasteiger partial charge >= 0.3 is 6.18 Å². The molecule has 0 saturated heterocycles. The van der Waals surface area contributed by atoms with Crippen LogP contribution < -0.4 is 0 Å². The molecule has 1 aromatic heterocycles. The molecule has 2 aromatic rings. The predicted octanol–water partition coefficient (Wildman–Crippen LogP) is 2.59. The van der Waals surface area contributed by atoms with Crippen molar-refractivity contribution in [1.82, 2.24) is 10.2 Å². The lowest BCUT2D eigenvalue weighted by atomic mass is 10.1. The minimum absolute atomic E-state index is 0.162. The number of alkyl halides is 3. The molecule has 6 heteroatoms. The first kappa shape index (κ1) is 11.7. The van der Waals surface area contributed by atoms with Crippen LogP contribution in [0.5, 0.6) is 0 Å². The lowest BCUT2D eigenvalue weighted by Crippen LogP contribution is -2.04. The molecule has 2 rings (SSSR count). The normalized spacial score (nSPS) is 11.8. The molecular formula is C11H9F3N2O. The Balaban J connectivity index is 2.37. The lowest BCUT2D eigenvalue weighted by Gasteiger charge is -2.00. The third-order valence-corrected chi connectivity index (χ3v) is 2.29. The number of aromatic amines is 1. The second-order valence-corrected chi connectivity index (χ2v) is 3.52. The molecule has 3 nitrogen and oxygen atoms in total. The number of benzene rings is 1. The smallest absolute Gasteiger partial charge is 0.392 e. The van der Waals surface area contributed by atoms with Gasteiger partial charge in [0, 0.05) is 5.56 Å². The highest BCUT2D eigenvalue weighted by atomic mass is 19.4. The van der Waals surface area contributed by atoms with Gasteiger partial charge in [0.15, 0.2) is 0 Å². The van der Waals surface area contributed by atoms with Crippen molar-refractivity contribution in [3.05, 3.63) is 41.6 Å². The molecule has 0 atom stereocenters. The van der Waals surface area contributed by atoms with E-state index < -0.39 is 11.9 Å². The zero-order valence-corrected chi connectivity index (χ0v) is 8.62. The maximum absolute atomic E-state index is 12.4. The molecule has 0 bridgehead atoms. The van der Waals surface area contributed by atoms with Gasteiger partial charge in [-0.1, -0.05) is 18.2 Å². The Labute approximate surface area is 94.9 Å². The van der Waals surface area contributed by atoms with Gasteiger partial charge in [-0.05, 0) is 17.7 Å². The van der Waals surface area contributed by atoms with Gasteiger partial charge in [0.1, 0.15) is 5.69 Å². The quantitative estimate of drug-likeness (QED) is 0.850. The molecular weight excluding hydrogens is 233 g/mol. The van der Waals surface area contributed by atoms with Crippen LogP contribution >= 0.6 is 0 Å². The summed E-state index contributed by atoms with van der Waals surface area (Å²) in [4.78, 5) is 0. The van der Waals surface area contributed by atoms with Crippen molar-refractivity contribution >= 4 is 0 Å². The average Bonchev–Trinajstić information content (AvgIpc) is 2.78. The lowest BCUT2D eigenvalue weighted by molar-refractivity contribution is -0.141. The summed E-state index contributed by atoms with van der Waals surface area (Å²) >= 11 is 0. The van der Waals surface area contributed by atoms with Gasteiger partial charge in [0.2, 0.25) is 0 Å². The summed E-state index contributed by atoms with van der Waals surface area (Å²) in [5.74, 6) is 0. The highest BCUT2D eigenvalue weighted by Gasteiger charge is 2.33. The molecule has 0 amide bonds. The van der Waals surface area contributed by atoms with Gasteiger partial charge in [-0.3, -0.25) is 5.10 Å². The van der Waals surface area contributed by atoms with Crippen LogP contribution in [0, 0.1) is 0 Å². The summed E-state index contributed by atoms with van der Waals surface area (Å²) < 4.78 is 37.1. The van der Waals surface area contributed by atoms with E-state index in [1.165, 1.54) is 0 Å². The van der Waals surface area contributed by atoms with E-state index in [0.29, 0.717) is 11.1 Å². The maximum Gasteiger partial charge on any atom is 0.432 e. The van der Waals surface area contributed by atoms with Crippen LogP contribution in [0.25, 0.3) is 11.3 Å². The Hall–Kier alpha value is -1.82. The van der Waals surface area contributed by atoms with Gasteiger partial charge in [-0.25, -0.2) is 0 Å². The Morgan fingerprint density at radius 1 is 1.24 bits per heavy atom. The topological polar surface area (TPSA) is 48.9 Å². The molecule has 2 N–H and O–H groups in total. The summed E-state index contributed by atoms with van der Waals surface area (Å²) in [5, 5.41) is 14.5. The van der Waals surface area contributed by atoms with Gasteiger partial charge in [0.05, 0.1) is 12.3 Å². The Kier molecular flexibility index (Phi) is 2.89. The number of aromatic nitrogens is 2. The Morgan fingerprint density at radius 2 is 2.00 bits per heavy atom. The first-order valence-corrected chi connectivity index (χ1v) is 4.83. The highest BCUT2D eigenvalue weighted by molar-refractivity contribution is 5.60. The molecule has 90 valence electrons. The first-order valence-electron chi connectivity index (χ1n) is 4.83. The summed E-state index contributed by atoms with van der Waals surface area (Å²) in [6.45, 7) is -0.162. The molecule has 0 unspecified atom stereocenters. The molecule has 0 aliphatic rings. The minimum atomic E-state index is -4.43. The van der Waals surface area contributed by atoms with Gasteiger partial charge in [-0.15, -0.1) is 0 Å². The van der Waals surface area contributed by atoms with E-state index >= 15 is 0 Å². The molecule has 0 spiro atoms. The van der Waals surface area contributed by atoms with Crippen molar-refractivity contribution in [2.75, 3.05) is 0 Å². The number of aliphatic hydroxyl groups is 1. The minimum Gasteiger partial charge on any atom is -0.392 e. The largest absolute Gasteiger partial charge is 0.432 e. The average molecular weight is 242 g/mol. The third-order valence-electron chi connectivity index (χ3n) is 2.29. The van der Waals surface area contributed by atoms with Crippen LogP contribution in [-0.4, -0.2) is 15.3 Å². The molecule has 0 fully saturated rings. The number of H-pyrrole nitrogens is 1. The van der Waals surface area contributed by atoms with E-state index in [0.717, 1.165) is 6.07 Å². The second kappa shape index (κ2) is 4.21. The number of aliphatic hydroxyl groups excluding tert-OH is 1. The number of rotatable bonds is 2. The summed E-state index contributed by atoms with van der Waals surface area (Å²) in [7, 11) is 0. The molecule has 0 aliphatic heterocycles. The van der Waals surface area contributed by atoms with Crippen LogP contribution in [-0.2, 0) is 12.8 Å². The molecule has 1 aromatic carbocycles. The van der Waals surface area contributed by atoms with Gasteiger partial charge in [0.25, 0.3) is 0 Å². The van der Waals surface area contributed by atoms with Crippen LogP contribution in [0.15, 0.2) is 30.3 Å². The standard InChI is InChI=1S/C11H9F3N2O/c12-11(13,14)10-5-9(15-16-10)8-3-1-2-7(4-8)6-17/h1-5,17H,6H2,(H,15,16). The van der Waals surface area contributed by atoms with Crippen molar-refractivity contribution in [1.29, 1.82) is 0 Å². The van der Waals surface area contributed by atoms with Crippen molar-refractivity contribution in [3.8, 4) is 11.3 Å². The van der Waals surface area contributed by atoms with E-state index in [1.54, 1.807) is 24.3 Å². The zero-order chi connectivity index (χ0) is 12.5. The molecule has 17 heavy (non-hydrogen) atoms. The monoisotopic (exact) mass is 242 g/mol. The second-order valence-electron chi connectivity index (χ2n) is 3.52. The predicted molar refractivity (Wildman–Crippen MR) is 54.9 cm³/mol. The van der Waals surface area contributed by atoms with Crippen LogP contribution in [0.2, 0.25) is 0 Å². The molecule has 1 heterocycles. The van der Waals surface area contributed by atoms with E-state index in [1.807, 2.05) is 5.10 Å². The van der Waals surface area contributed by atoms with E-state index in [9.17, 15) is 13.2 Å². The number of halogens is 3. The summed E-state index contributed by atoms with van der Waals surface area (Å²) in [5.41, 5.74) is 0.469. The van der Waals surface area contributed by atoms with Crippen LogP contribution in [0.3, 0.4) is 0 Å². The maximum atomic E-state index is 12.4. The first-order chi connectivity index (χ1) is 8.00. The van der Waals surface area contributed by atoms with Crippen molar-refractivity contribution in [2.24, 2.45) is 0 Å². The fraction of sp³-hybridized carbons (Fsp3) is 0.182. The number of hydrogen-bond acceptors (Lipinski definition) is 2. The van der Waals surface area contributed by atoms with Crippen molar-refractivity contribution < 1.29 is 18.3 Å². The van der Waals surface area contributed by atoms with Gasteiger partial charge in [-0.2, -0.15) is 18.3 Å². The van der Waals surface area contributed by atoms with E-state index in [2.05, 4.69) is 5.10 Å². The number of nitrogens with one attached hydrogen (secondary N) is 1. The van der Waals surface area contributed by atoms with E-state index in [-0.39, 0.29) is 12.3 Å². The SMILES string of the molecule is OCc1cccc(-c2cc(C(F)(F)F)[nH]n2)c1. The summed E-state index contributed by atoms with van der Waals surface area (Å²) in [6, 6.07) is 7.51. The highest BCUT2D eigenvalue weighted by Crippen LogP contribution is 2.30. The van der Waals surface area contributed by atoms with Gasteiger partial charge < -0.3 is 5.11 Å². The van der Waals surface area contributed by atoms with Crippen LogP contribution in [0.4, 0.5) is 13.2 Å². The molecule has 0 aliphatic carbocycles.